The van der Waals surface area contributed by atoms with Crippen LogP contribution in [-0.4, -0.2) is 59.5 Å². The van der Waals surface area contributed by atoms with Gasteiger partial charge in [0.2, 0.25) is 0 Å². The third kappa shape index (κ3) is 11.0. The fraction of sp³-hybridized carbons (Fsp3) is 0.500. The molecule has 0 spiro atoms. The smallest absolute Gasteiger partial charge is 0.269 e. The molecule has 2 aromatic carbocycles. The number of non-ortho nitro benzene ring substituents is 1. The number of rotatable bonds is 17. The molecule has 0 aliphatic rings. The molecule has 0 atom stereocenters. The average Bonchev–Trinajstić information content (AvgIpc) is 2.83. The van der Waals surface area contributed by atoms with E-state index in [1.165, 1.54) is 25.0 Å². The number of unbranched alkanes of at least 4 members (excludes halogenated alkanes) is 5. The zero-order chi connectivity index (χ0) is 23.7. The maximum absolute atomic E-state index is 10.7. The Morgan fingerprint density at radius 2 is 1.27 bits per heavy atom. The van der Waals surface area contributed by atoms with Crippen LogP contribution >= 0.6 is 0 Å². The van der Waals surface area contributed by atoms with Crippen molar-refractivity contribution in [3.8, 4) is 5.75 Å². The maximum Gasteiger partial charge on any atom is 0.269 e. The van der Waals surface area contributed by atoms with E-state index < -0.39 is 4.92 Å². The van der Waals surface area contributed by atoms with Crippen molar-refractivity contribution in [2.24, 2.45) is 10.2 Å². The van der Waals surface area contributed by atoms with E-state index in [1.807, 2.05) is 24.3 Å². The summed E-state index contributed by atoms with van der Waals surface area (Å²) in [7, 11) is 0. The molecular weight excluding hydrogens is 424 g/mol. The van der Waals surface area contributed by atoms with Crippen LogP contribution < -0.4 is 4.74 Å². The highest BCUT2D eigenvalue weighted by atomic mass is 16.6. The van der Waals surface area contributed by atoms with Gasteiger partial charge in [-0.05, 0) is 55.8 Å². The van der Waals surface area contributed by atoms with Gasteiger partial charge < -0.3 is 14.9 Å². The predicted octanol–water partition coefficient (Wildman–Crippen LogP) is 5.02. The molecule has 2 rings (SSSR count). The number of hydrogen-bond acceptors (Lipinski definition) is 8. The summed E-state index contributed by atoms with van der Waals surface area (Å²) in [5.41, 5.74) is 1.25. The van der Waals surface area contributed by atoms with Crippen molar-refractivity contribution in [1.82, 2.24) is 4.90 Å². The van der Waals surface area contributed by atoms with Gasteiger partial charge in [-0.15, -0.1) is 0 Å². The summed E-state index contributed by atoms with van der Waals surface area (Å²) in [6, 6.07) is 13.3. The monoisotopic (exact) mass is 458 g/mol. The molecule has 0 fully saturated rings. The van der Waals surface area contributed by atoms with Gasteiger partial charge in [0.25, 0.3) is 5.69 Å². The Morgan fingerprint density at radius 3 is 1.82 bits per heavy atom. The molecule has 9 heteroatoms. The van der Waals surface area contributed by atoms with E-state index in [1.54, 1.807) is 12.1 Å². The van der Waals surface area contributed by atoms with Crippen LogP contribution in [0, 0.1) is 10.1 Å². The zero-order valence-electron chi connectivity index (χ0n) is 19.0. The second kappa shape index (κ2) is 15.8. The first kappa shape index (κ1) is 26.4. The molecule has 0 saturated carbocycles. The summed E-state index contributed by atoms with van der Waals surface area (Å²) in [6.07, 6.45) is 6.72. The Balaban J connectivity index is 1.57. The quantitative estimate of drug-likeness (QED) is 0.149. The van der Waals surface area contributed by atoms with Crippen LogP contribution in [-0.2, 0) is 0 Å². The highest BCUT2D eigenvalue weighted by molar-refractivity contribution is 5.45. The van der Waals surface area contributed by atoms with E-state index in [0.717, 1.165) is 38.0 Å². The lowest BCUT2D eigenvalue weighted by atomic mass is 10.1. The molecular formula is C24H34N4O5. The lowest BCUT2D eigenvalue weighted by Crippen LogP contribution is -2.30. The first-order valence-electron chi connectivity index (χ1n) is 11.5. The van der Waals surface area contributed by atoms with E-state index in [0.29, 0.717) is 31.1 Å². The average molecular weight is 459 g/mol. The van der Waals surface area contributed by atoms with Gasteiger partial charge in [-0.1, -0.05) is 25.7 Å². The van der Waals surface area contributed by atoms with Gasteiger partial charge in [0, 0.05) is 25.2 Å². The lowest BCUT2D eigenvalue weighted by molar-refractivity contribution is -0.384. The van der Waals surface area contributed by atoms with Crippen molar-refractivity contribution >= 4 is 17.1 Å². The lowest BCUT2D eigenvalue weighted by Gasteiger charge is -2.19. The largest absolute Gasteiger partial charge is 0.494 e. The maximum atomic E-state index is 10.7. The van der Waals surface area contributed by atoms with Crippen LogP contribution in [0.1, 0.15) is 38.5 Å². The van der Waals surface area contributed by atoms with E-state index in [2.05, 4.69) is 15.1 Å². The first-order valence-corrected chi connectivity index (χ1v) is 11.5. The third-order valence-electron chi connectivity index (χ3n) is 5.15. The van der Waals surface area contributed by atoms with Crippen LogP contribution in [0.2, 0.25) is 0 Å². The summed E-state index contributed by atoms with van der Waals surface area (Å²) in [5.74, 6) is 0.789. The Kier molecular flexibility index (Phi) is 12.7. The zero-order valence-corrected chi connectivity index (χ0v) is 19.0. The number of ether oxygens (including phenoxy) is 1. The summed E-state index contributed by atoms with van der Waals surface area (Å²) in [6.45, 7) is 3.12. The normalized spacial score (nSPS) is 11.4. The Morgan fingerprint density at radius 1 is 0.758 bits per heavy atom. The van der Waals surface area contributed by atoms with Gasteiger partial charge in [-0.2, -0.15) is 10.2 Å². The molecule has 9 nitrogen and oxygen atoms in total. The molecule has 0 amide bonds. The number of aliphatic hydroxyl groups is 2. The predicted molar refractivity (Wildman–Crippen MR) is 128 cm³/mol. The molecule has 180 valence electrons. The van der Waals surface area contributed by atoms with Gasteiger partial charge in [0.15, 0.2) is 0 Å². The number of nitrogens with zero attached hydrogens (tertiary/aromatic N) is 4. The Bertz CT molecular complexity index is 822. The molecule has 0 bridgehead atoms. The second-order valence-corrected chi connectivity index (χ2v) is 7.73. The molecule has 0 heterocycles. The molecule has 0 unspecified atom stereocenters. The number of benzene rings is 2. The van der Waals surface area contributed by atoms with Crippen molar-refractivity contribution in [2.75, 3.05) is 39.5 Å². The van der Waals surface area contributed by atoms with Crippen LogP contribution in [0.4, 0.5) is 17.1 Å². The molecule has 2 N–H and O–H groups in total. The highest BCUT2D eigenvalue weighted by Crippen LogP contribution is 2.23. The van der Waals surface area contributed by atoms with E-state index in [4.69, 9.17) is 14.9 Å². The minimum atomic E-state index is -0.448. The molecule has 33 heavy (non-hydrogen) atoms. The SMILES string of the molecule is O=[N+]([O-])c1ccc(N=Nc2ccc(OCCCCCCCCN(CCO)CCO)cc2)cc1. The Hall–Kier alpha value is -2.88. The molecule has 0 saturated heterocycles. The highest BCUT2D eigenvalue weighted by Gasteiger charge is 2.04. The molecule has 0 aliphatic carbocycles. The second-order valence-electron chi connectivity index (χ2n) is 7.73. The fourth-order valence-corrected chi connectivity index (χ4v) is 3.32. The standard InChI is InChI=1S/C24H34N4O5/c29-18-16-27(17-19-30)15-5-3-1-2-4-6-20-33-24-13-9-22(10-14-24)26-25-21-7-11-23(12-8-21)28(31)32/h7-14,29-30H,1-6,15-20H2. The number of nitro groups is 1. The number of aliphatic hydroxyl groups excluding tert-OH is 2. The minimum absolute atomic E-state index is 0.0234. The van der Waals surface area contributed by atoms with Gasteiger partial charge in [0.1, 0.15) is 5.75 Å². The summed E-state index contributed by atoms with van der Waals surface area (Å²) in [5, 5.41) is 36.9. The van der Waals surface area contributed by atoms with E-state index in [9.17, 15) is 10.1 Å². The topological polar surface area (TPSA) is 121 Å². The summed E-state index contributed by atoms with van der Waals surface area (Å²) in [4.78, 5) is 12.3. The minimum Gasteiger partial charge on any atom is -0.494 e. The van der Waals surface area contributed by atoms with E-state index in [-0.39, 0.29) is 18.9 Å². The van der Waals surface area contributed by atoms with Crippen molar-refractivity contribution in [3.05, 3.63) is 58.6 Å². The number of nitro benzene ring substituents is 1. The van der Waals surface area contributed by atoms with Crippen LogP contribution in [0.5, 0.6) is 5.75 Å². The molecule has 2 aromatic rings. The number of hydrogen-bond donors (Lipinski definition) is 2. The van der Waals surface area contributed by atoms with Crippen LogP contribution in [0.3, 0.4) is 0 Å². The van der Waals surface area contributed by atoms with Crippen molar-refractivity contribution < 1.29 is 19.9 Å². The van der Waals surface area contributed by atoms with Gasteiger partial charge >= 0.3 is 0 Å². The van der Waals surface area contributed by atoms with Gasteiger partial charge in [-0.25, -0.2) is 0 Å². The van der Waals surface area contributed by atoms with Crippen molar-refractivity contribution in [2.45, 2.75) is 38.5 Å². The first-order chi connectivity index (χ1) is 16.1. The Labute approximate surface area is 194 Å². The number of azo groups is 1. The van der Waals surface area contributed by atoms with Crippen LogP contribution in [0.15, 0.2) is 58.8 Å². The molecule has 0 aliphatic heterocycles. The van der Waals surface area contributed by atoms with Gasteiger partial charge in [-0.3, -0.25) is 15.0 Å². The fourth-order valence-electron chi connectivity index (χ4n) is 3.32. The van der Waals surface area contributed by atoms with Gasteiger partial charge in [0.05, 0.1) is 36.1 Å². The van der Waals surface area contributed by atoms with Crippen LogP contribution in [0.25, 0.3) is 0 Å². The summed E-state index contributed by atoms with van der Waals surface area (Å²) >= 11 is 0. The van der Waals surface area contributed by atoms with E-state index >= 15 is 0 Å². The molecule has 0 radical (unpaired) electrons. The summed E-state index contributed by atoms with van der Waals surface area (Å²) < 4.78 is 5.78. The van der Waals surface area contributed by atoms with Crippen molar-refractivity contribution in [1.29, 1.82) is 0 Å². The van der Waals surface area contributed by atoms with Crippen molar-refractivity contribution in [3.63, 3.8) is 0 Å². The third-order valence-corrected chi connectivity index (χ3v) is 5.15. The molecule has 0 aromatic heterocycles.